The molecule has 2 aromatic carbocycles. The lowest BCUT2D eigenvalue weighted by atomic mass is 10.1. The number of carboxylic acid groups (broad SMARTS) is 1. The van der Waals surface area contributed by atoms with Crippen LogP contribution in [0.4, 0.5) is 19.0 Å². The van der Waals surface area contributed by atoms with Crippen molar-refractivity contribution >= 4 is 83.1 Å². The molecule has 1 saturated heterocycles. The van der Waals surface area contributed by atoms with Crippen molar-refractivity contribution in [3.63, 3.8) is 0 Å². The Morgan fingerprint density at radius 3 is 2.31 bits per heavy atom. The number of hydrogen-bond acceptors (Lipinski definition) is 17. The number of aliphatic carboxylic acids is 1. The molecule has 0 aliphatic carbocycles. The van der Waals surface area contributed by atoms with Gasteiger partial charge in [0, 0.05) is 24.2 Å². The van der Waals surface area contributed by atoms with E-state index < -0.39 is 108 Å². The average molecular weight is 1100 g/mol. The smallest absolute Gasteiger partial charge is 0.471 e. The standard InChI is InChI=1S/C47H56F3N13O13S/c1-2-11-30(58-39(67)29-18-19-36(54-24-29)63-56-25-28-14-6-7-17-35(28)77-76-75-74)40(68)52-20-9-8-15-32-42(70)59-31(16-10-21-53-46(51)62-45(73)47(48,49)50)41(69)55-26-37(64)57-34(23-38(65)66)44(72)61-33(43(71)60-32)22-27-12-4-3-5-13-27/h3-7,12-14,17-19,22,24,30-32,34,74H,2,8-11,15-16,20-21,23,25-26H2,1H3,(H,52,68)(H,55,69)(H,57,64)(H,58,67)(H,59,70)(H,60,71)(H,61,72)(H,65,66)(H3,51,53,62,73)/t30-,31-,32-,34-/m0/s1. The first-order chi connectivity index (χ1) is 36.8. The number of nitrogens with zero attached hydrogens (tertiary/aromatic N) is 4. The summed E-state index contributed by atoms with van der Waals surface area (Å²) in [6.07, 6.45) is -3.26. The predicted molar refractivity (Wildman–Crippen MR) is 266 cm³/mol. The number of azo groups is 1. The summed E-state index contributed by atoms with van der Waals surface area (Å²) in [6, 6.07) is 12.2. The zero-order valence-corrected chi connectivity index (χ0v) is 41.9. The summed E-state index contributed by atoms with van der Waals surface area (Å²) in [5, 5.41) is 48.5. The second-order valence-electron chi connectivity index (χ2n) is 16.6. The number of aromatic nitrogens is 1. The molecule has 4 rings (SSSR count). The molecular formula is C47H56F3N13O13S. The first-order valence-electron chi connectivity index (χ1n) is 23.6. The maximum absolute atomic E-state index is 14.1. The number of unbranched alkanes of at least 4 members (excludes halogenated alkanes) is 1. The fraction of sp³-hybridized carbons (Fsp3) is 0.383. The maximum Gasteiger partial charge on any atom is 0.471 e. The Bertz CT molecular complexity index is 2650. The summed E-state index contributed by atoms with van der Waals surface area (Å²) in [4.78, 5) is 126. The van der Waals surface area contributed by atoms with Gasteiger partial charge >= 0.3 is 18.1 Å². The molecule has 0 unspecified atom stereocenters. The van der Waals surface area contributed by atoms with Crippen molar-refractivity contribution in [2.24, 2.45) is 21.0 Å². The van der Waals surface area contributed by atoms with E-state index in [0.717, 1.165) is 12.0 Å². The van der Waals surface area contributed by atoms with Gasteiger partial charge in [0.15, 0.2) is 11.8 Å². The second kappa shape index (κ2) is 31.5. The largest absolute Gasteiger partial charge is 0.481 e. The van der Waals surface area contributed by atoms with Gasteiger partial charge in [-0.05, 0) is 73.9 Å². The van der Waals surface area contributed by atoms with E-state index in [-0.39, 0.29) is 69.5 Å². The van der Waals surface area contributed by atoms with Crippen LogP contribution in [0.5, 0.6) is 0 Å². The lowest BCUT2D eigenvalue weighted by Crippen LogP contribution is -2.54. The van der Waals surface area contributed by atoms with Gasteiger partial charge in [0.1, 0.15) is 29.9 Å². The molecule has 2 heterocycles. The van der Waals surface area contributed by atoms with E-state index in [2.05, 4.69) is 66.8 Å². The van der Waals surface area contributed by atoms with E-state index >= 15 is 0 Å². The van der Waals surface area contributed by atoms with Crippen molar-refractivity contribution in [3.05, 3.63) is 95.3 Å². The molecule has 0 bridgehead atoms. The molecule has 0 spiro atoms. The summed E-state index contributed by atoms with van der Waals surface area (Å²) in [7, 11) is 0. The molecule has 1 aromatic heterocycles. The van der Waals surface area contributed by atoms with Crippen molar-refractivity contribution in [1.29, 1.82) is 0 Å². The molecule has 0 saturated carbocycles. The molecule has 8 amide bonds. The number of nitrogens with one attached hydrogen (secondary N) is 8. The molecule has 12 N–H and O–H groups in total. The Kier molecular flexibility index (Phi) is 25.0. The first kappa shape index (κ1) is 61.2. The normalized spacial score (nSPS) is 17.9. The van der Waals surface area contributed by atoms with Crippen LogP contribution in [-0.4, -0.2) is 125 Å². The number of aliphatic imine (C=N–C) groups is 1. The van der Waals surface area contributed by atoms with Crippen LogP contribution in [0.15, 0.2) is 98.7 Å². The molecular weight excluding hydrogens is 1040 g/mol. The SMILES string of the molecule is CCC[C@H](NC(=O)c1ccc(N=NCc2ccccc2SOOO)nc1)C(=O)NCCCC[C@@H]1NC(=O)C(=Cc2ccccc2)NC(=O)[C@H](CC(=O)O)NC(=O)CNC(=O)[C@H](CCCN=C(N)NC(=O)C(F)(F)F)NC1=O. The van der Waals surface area contributed by atoms with Crippen LogP contribution in [0.3, 0.4) is 0 Å². The van der Waals surface area contributed by atoms with E-state index in [4.69, 9.17) is 11.0 Å². The van der Waals surface area contributed by atoms with Crippen LogP contribution in [-0.2, 0) is 54.3 Å². The van der Waals surface area contributed by atoms with Crippen molar-refractivity contribution in [1.82, 2.24) is 47.5 Å². The third-order valence-corrected chi connectivity index (χ3v) is 11.4. The fourth-order valence-electron chi connectivity index (χ4n) is 6.92. The molecule has 30 heteroatoms. The third kappa shape index (κ3) is 21.8. The minimum atomic E-state index is -5.26. The highest BCUT2D eigenvalue weighted by molar-refractivity contribution is 7.94. The second-order valence-corrected chi connectivity index (χ2v) is 17.3. The highest BCUT2D eigenvalue weighted by Crippen LogP contribution is 2.25. The highest BCUT2D eigenvalue weighted by atomic mass is 32.2. The zero-order chi connectivity index (χ0) is 56.3. The molecule has 1 aliphatic rings. The number of alkyl halides is 3. The number of carbonyl (C=O) groups is 9. The molecule has 0 radical (unpaired) electrons. The van der Waals surface area contributed by atoms with Gasteiger partial charge in [-0.1, -0.05) is 66.9 Å². The molecule has 4 atom stereocenters. The number of pyridine rings is 1. The van der Waals surface area contributed by atoms with E-state index in [1.54, 1.807) is 54.6 Å². The Morgan fingerprint density at radius 1 is 0.909 bits per heavy atom. The molecule has 3 aromatic rings. The van der Waals surface area contributed by atoms with Crippen LogP contribution in [0.2, 0.25) is 0 Å². The topological polar surface area (TPSA) is 385 Å². The average Bonchev–Trinajstić information content (AvgIpc) is 3.39. The van der Waals surface area contributed by atoms with E-state index in [1.807, 2.05) is 6.92 Å². The van der Waals surface area contributed by atoms with Crippen molar-refractivity contribution in [2.45, 2.75) is 100 Å². The van der Waals surface area contributed by atoms with Gasteiger partial charge < -0.3 is 48.1 Å². The van der Waals surface area contributed by atoms with Crippen molar-refractivity contribution in [3.8, 4) is 0 Å². The Hall–Kier alpha value is -8.35. The number of halogens is 3. The monoisotopic (exact) mass is 1100 g/mol. The number of amides is 8. The van der Waals surface area contributed by atoms with Gasteiger partial charge in [0.2, 0.25) is 29.5 Å². The quantitative estimate of drug-likeness (QED) is 0.00945. The van der Waals surface area contributed by atoms with Gasteiger partial charge in [0.05, 0.1) is 37.1 Å². The summed E-state index contributed by atoms with van der Waals surface area (Å²) in [5.41, 5.74) is 6.15. The summed E-state index contributed by atoms with van der Waals surface area (Å²) >= 11 is 0.772. The van der Waals surface area contributed by atoms with E-state index in [0.29, 0.717) is 22.4 Å². The van der Waals surface area contributed by atoms with Gasteiger partial charge in [-0.25, -0.2) is 10.2 Å². The number of carbonyl (C=O) groups excluding carboxylic acids is 8. The number of hydrogen-bond donors (Lipinski definition) is 11. The van der Waals surface area contributed by atoms with Gasteiger partial charge in [-0.15, -0.1) is 9.45 Å². The minimum absolute atomic E-state index is 0.0170. The summed E-state index contributed by atoms with van der Waals surface area (Å²) in [6.45, 7) is 0.756. The lowest BCUT2D eigenvalue weighted by Gasteiger charge is -2.24. The number of benzene rings is 2. The fourth-order valence-corrected chi connectivity index (χ4v) is 7.40. The zero-order valence-electron chi connectivity index (χ0n) is 41.1. The maximum atomic E-state index is 14.1. The first-order valence-corrected chi connectivity index (χ1v) is 24.3. The van der Waals surface area contributed by atoms with Gasteiger partial charge in [-0.2, -0.15) is 18.3 Å². The summed E-state index contributed by atoms with van der Waals surface area (Å²) < 4.78 is 42.6. The number of carboxylic acids is 1. The van der Waals surface area contributed by atoms with Crippen LogP contribution < -0.4 is 48.3 Å². The van der Waals surface area contributed by atoms with E-state index in [9.17, 15) is 61.4 Å². The molecule has 26 nitrogen and oxygen atoms in total. The van der Waals surface area contributed by atoms with Gasteiger partial charge in [0.25, 0.3) is 11.8 Å². The van der Waals surface area contributed by atoms with E-state index in [1.165, 1.54) is 29.7 Å². The van der Waals surface area contributed by atoms with Crippen LogP contribution in [0.25, 0.3) is 6.08 Å². The summed E-state index contributed by atoms with van der Waals surface area (Å²) in [5.74, 6) is -10.9. The predicted octanol–water partition coefficient (Wildman–Crippen LogP) is 1.97. The number of rotatable bonds is 23. The molecule has 77 heavy (non-hydrogen) atoms. The lowest BCUT2D eigenvalue weighted by molar-refractivity contribution is -0.432. The number of nitrogens with two attached hydrogens (primary N) is 1. The van der Waals surface area contributed by atoms with Gasteiger partial charge in [-0.3, -0.25) is 53.5 Å². The third-order valence-electron chi connectivity index (χ3n) is 10.7. The van der Waals surface area contributed by atoms with Crippen molar-refractivity contribution in [2.75, 3.05) is 19.6 Å². The Labute approximate surface area is 441 Å². The van der Waals surface area contributed by atoms with Crippen LogP contribution in [0.1, 0.15) is 79.8 Å². The molecule has 414 valence electrons. The van der Waals surface area contributed by atoms with Crippen molar-refractivity contribution < 1.29 is 76.1 Å². The Morgan fingerprint density at radius 2 is 1.62 bits per heavy atom. The Balaban J connectivity index is 1.48. The highest BCUT2D eigenvalue weighted by Gasteiger charge is 2.39. The van der Waals surface area contributed by atoms with Crippen LogP contribution >= 0.6 is 12.0 Å². The molecule has 1 fully saturated rings. The van der Waals surface area contributed by atoms with Crippen LogP contribution in [0, 0.1) is 0 Å². The minimum Gasteiger partial charge on any atom is -0.481 e. The molecule has 1 aliphatic heterocycles. The number of guanidine groups is 1.